The molecule has 1 aliphatic carbocycles. The van der Waals surface area contributed by atoms with Crippen molar-refractivity contribution < 1.29 is 17.9 Å². The largest absolute Gasteiger partial charge is 0.376 e. The van der Waals surface area contributed by atoms with Gasteiger partial charge in [-0.2, -0.15) is 4.31 Å². The van der Waals surface area contributed by atoms with Gasteiger partial charge in [0.1, 0.15) is 0 Å². The number of carbonyl (C=O) groups excluding carboxylic acids is 1. The van der Waals surface area contributed by atoms with Gasteiger partial charge in [-0.3, -0.25) is 9.78 Å². The van der Waals surface area contributed by atoms with Gasteiger partial charge in [0.15, 0.2) is 0 Å². The van der Waals surface area contributed by atoms with E-state index in [1.165, 1.54) is 0 Å². The summed E-state index contributed by atoms with van der Waals surface area (Å²) in [5.74, 6) is -0.578. The molecule has 0 unspecified atom stereocenters. The van der Waals surface area contributed by atoms with Crippen molar-refractivity contribution in [3.8, 4) is 0 Å². The van der Waals surface area contributed by atoms with Gasteiger partial charge in [0.25, 0.3) is 0 Å². The standard InChI is InChI=1S/C16H21N3O4S/c20-16(18-12-2-1-6-17-9-12)11-8-15-14(5-7-23-15)19(10-11)24(21,22)13-3-4-13/h1-2,6,9,11,13-15H,3-5,7-8,10H2,(H,18,20)/t11-,14+,15+/m0/s1. The van der Waals surface area contributed by atoms with Crippen LogP contribution < -0.4 is 5.32 Å². The van der Waals surface area contributed by atoms with Crippen LogP contribution in [0.4, 0.5) is 5.69 Å². The van der Waals surface area contributed by atoms with E-state index in [9.17, 15) is 13.2 Å². The van der Waals surface area contributed by atoms with Gasteiger partial charge in [0.2, 0.25) is 15.9 Å². The molecule has 1 saturated carbocycles. The highest BCUT2D eigenvalue weighted by atomic mass is 32.2. The number of ether oxygens (including phenoxy) is 1. The fourth-order valence-electron chi connectivity index (χ4n) is 3.62. The van der Waals surface area contributed by atoms with Gasteiger partial charge in [-0.1, -0.05) is 0 Å². The summed E-state index contributed by atoms with van der Waals surface area (Å²) in [5, 5.41) is 2.56. The van der Waals surface area contributed by atoms with Gasteiger partial charge in [0, 0.05) is 19.3 Å². The van der Waals surface area contributed by atoms with Crippen LogP contribution >= 0.6 is 0 Å². The van der Waals surface area contributed by atoms with Crippen LogP contribution in [0.25, 0.3) is 0 Å². The zero-order valence-corrected chi connectivity index (χ0v) is 14.1. The minimum atomic E-state index is -3.32. The second-order valence-electron chi connectivity index (χ2n) is 6.74. The third-order valence-corrected chi connectivity index (χ3v) is 7.42. The van der Waals surface area contributed by atoms with E-state index in [-0.39, 0.29) is 29.8 Å². The molecule has 0 bridgehead atoms. The second-order valence-corrected chi connectivity index (χ2v) is 8.91. The Balaban J connectivity index is 1.53. The lowest BCUT2D eigenvalue weighted by Gasteiger charge is -2.39. The van der Waals surface area contributed by atoms with Crippen molar-refractivity contribution in [1.82, 2.24) is 9.29 Å². The highest BCUT2D eigenvalue weighted by molar-refractivity contribution is 7.90. The molecule has 1 N–H and O–H groups in total. The van der Waals surface area contributed by atoms with Crippen molar-refractivity contribution in [1.29, 1.82) is 0 Å². The molecule has 24 heavy (non-hydrogen) atoms. The first-order valence-corrected chi connectivity index (χ1v) is 9.89. The number of sulfonamides is 1. The SMILES string of the molecule is O=C(Nc1cccnc1)[C@H]1C[C@H]2OCC[C@H]2N(S(=O)(=O)C2CC2)C1. The molecule has 8 heteroatoms. The summed E-state index contributed by atoms with van der Waals surface area (Å²) >= 11 is 0. The van der Waals surface area contributed by atoms with Crippen LogP contribution in [-0.2, 0) is 19.6 Å². The third kappa shape index (κ3) is 2.94. The number of nitrogens with one attached hydrogen (secondary N) is 1. The minimum absolute atomic E-state index is 0.113. The normalized spacial score (nSPS) is 30.8. The smallest absolute Gasteiger partial charge is 0.228 e. The monoisotopic (exact) mass is 351 g/mol. The van der Waals surface area contributed by atoms with Crippen molar-refractivity contribution in [2.45, 2.75) is 43.1 Å². The van der Waals surface area contributed by atoms with Crippen molar-refractivity contribution in [2.24, 2.45) is 5.92 Å². The maximum atomic E-state index is 12.7. The van der Waals surface area contributed by atoms with E-state index >= 15 is 0 Å². The molecule has 0 aromatic carbocycles. The van der Waals surface area contributed by atoms with Crippen LogP contribution in [0.5, 0.6) is 0 Å². The number of piperidine rings is 1. The Labute approximate surface area is 141 Å². The van der Waals surface area contributed by atoms with Crippen LogP contribution in [-0.4, -0.2) is 54.2 Å². The average Bonchev–Trinajstić information content (AvgIpc) is 3.34. The Morgan fingerprint density at radius 2 is 2.17 bits per heavy atom. The Kier molecular flexibility index (Phi) is 4.06. The maximum Gasteiger partial charge on any atom is 0.228 e. The topological polar surface area (TPSA) is 88.6 Å². The molecule has 130 valence electrons. The molecule has 3 aliphatic rings. The van der Waals surface area contributed by atoms with Crippen molar-refractivity contribution in [3.05, 3.63) is 24.5 Å². The Hall–Kier alpha value is -1.51. The second kappa shape index (κ2) is 6.09. The summed E-state index contributed by atoms with van der Waals surface area (Å²) in [6.07, 6.45) is 5.76. The van der Waals surface area contributed by atoms with Crippen molar-refractivity contribution >= 4 is 21.6 Å². The van der Waals surface area contributed by atoms with E-state index < -0.39 is 15.9 Å². The van der Waals surface area contributed by atoms with Gasteiger partial charge in [-0.15, -0.1) is 0 Å². The number of nitrogens with zero attached hydrogens (tertiary/aromatic N) is 2. The minimum Gasteiger partial charge on any atom is -0.376 e. The number of hydrogen-bond donors (Lipinski definition) is 1. The molecule has 1 amide bonds. The highest BCUT2D eigenvalue weighted by Gasteiger charge is 2.50. The summed E-state index contributed by atoms with van der Waals surface area (Å²) < 4.78 is 32.8. The molecule has 3 fully saturated rings. The van der Waals surface area contributed by atoms with Gasteiger partial charge in [-0.25, -0.2) is 8.42 Å². The summed E-state index contributed by atoms with van der Waals surface area (Å²) in [4.78, 5) is 16.6. The Morgan fingerprint density at radius 1 is 1.33 bits per heavy atom. The summed E-state index contributed by atoms with van der Waals surface area (Å²) in [5.41, 5.74) is 0.619. The number of rotatable bonds is 4. The lowest BCUT2D eigenvalue weighted by Crippen LogP contribution is -2.54. The quantitative estimate of drug-likeness (QED) is 0.874. The number of anilines is 1. The molecule has 3 heterocycles. The molecule has 1 aromatic rings. The maximum absolute atomic E-state index is 12.7. The first-order chi connectivity index (χ1) is 11.6. The lowest BCUT2D eigenvalue weighted by molar-refractivity contribution is -0.122. The van der Waals surface area contributed by atoms with Gasteiger partial charge < -0.3 is 10.1 Å². The molecule has 0 radical (unpaired) electrons. The summed E-state index contributed by atoms with van der Waals surface area (Å²) in [7, 11) is -3.32. The summed E-state index contributed by atoms with van der Waals surface area (Å²) in [6, 6.07) is 3.40. The molecular formula is C16H21N3O4S. The molecule has 0 spiro atoms. The molecule has 3 atom stereocenters. The van der Waals surface area contributed by atoms with E-state index in [2.05, 4.69) is 10.3 Å². The zero-order chi connectivity index (χ0) is 16.7. The predicted octanol–water partition coefficient (Wildman–Crippen LogP) is 0.992. The van der Waals surface area contributed by atoms with Crippen LogP contribution in [0.15, 0.2) is 24.5 Å². The highest BCUT2D eigenvalue weighted by Crippen LogP contribution is 2.39. The molecular weight excluding hydrogens is 330 g/mol. The Bertz CT molecular complexity index is 720. The molecule has 4 rings (SSSR count). The number of aromatic nitrogens is 1. The number of pyridine rings is 1. The number of fused-ring (bicyclic) bond motifs is 1. The molecule has 2 saturated heterocycles. The Morgan fingerprint density at radius 3 is 2.88 bits per heavy atom. The first-order valence-electron chi connectivity index (χ1n) is 8.39. The lowest BCUT2D eigenvalue weighted by atomic mass is 9.91. The van der Waals surface area contributed by atoms with Crippen LogP contribution in [0.2, 0.25) is 0 Å². The first kappa shape index (κ1) is 16.0. The van der Waals surface area contributed by atoms with E-state index in [0.717, 1.165) is 12.8 Å². The van der Waals surface area contributed by atoms with Gasteiger partial charge in [-0.05, 0) is 37.8 Å². The number of carbonyl (C=O) groups is 1. The molecule has 1 aromatic heterocycles. The van der Waals surface area contributed by atoms with E-state index in [1.807, 2.05) is 0 Å². The van der Waals surface area contributed by atoms with Crippen molar-refractivity contribution in [2.75, 3.05) is 18.5 Å². The predicted molar refractivity (Wildman–Crippen MR) is 87.8 cm³/mol. The van der Waals surface area contributed by atoms with E-state index in [1.54, 1.807) is 28.8 Å². The third-order valence-electron chi connectivity index (χ3n) is 5.03. The van der Waals surface area contributed by atoms with E-state index in [4.69, 9.17) is 4.74 Å². The van der Waals surface area contributed by atoms with Crippen LogP contribution in [0.3, 0.4) is 0 Å². The van der Waals surface area contributed by atoms with Crippen molar-refractivity contribution in [3.63, 3.8) is 0 Å². The van der Waals surface area contributed by atoms with Crippen LogP contribution in [0.1, 0.15) is 25.7 Å². The number of amides is 1. The summed E-state index contributed by atoms with van der Waals surface area (Å²) in [6.45, 7) is 0.804. The average molecular weight is 351 g/mol. The van der Waals surface area contributed by atoms with Gasteiger partial charge in [0.05, 0.1) is 35.2 Å². The molecule has 2 aliphatic heterocycles. The molecule has 7 nitrogen and oxygen atoms in total. The number of hydrogen-bond acceptors (Lipinski definition) is 5. The van der Waals surface area contributed by atoms with Gasteiger partial charge >= 0.3 is 0 Å². The zero-order valence-electron chi connectivity index (χ0n) is 13.3. The fraction of sp³-hybridized carbons (Fsp3) is 0.625. The fourth-order valence-corrected chi connectivity index (χ4v) is 5.74. The van der Waals surface area contributed by atoms with E-state index in [0.29, 0.717) is 25.1 Å². The van der Waals surface area contributed by atoms with Crippen LogP contribution in [0, 0.1) is 5.92 Å².